The van der Waals surface area contributed by atoms with Crippen molar-refractivity contribution in [2.45, 2.75) is 57.5 Å². The quantitative estimate of drug-likeness (QED) is 0.839. The number of sulfone groups is 1. The minimum Gasteiger partial charge on any atom is -0.311 e. The van der Waals surface area contributed by atoms with Gasteiger partial charge in [0.15, 0.2) is 0 Å². The van der Waals surface area contributed by atoms with Crippen molar-refractivity contribution in [2.24, 2.45) is 5.92 Å². The Hall–Kier alpha value is -0.130. The van der Waals surface area contributed by atoms with Crippen LogP contribution in [0.4, 0.5) is 0 Å². The van der Waals surface area contributed by atoms with Crippen molar-refractivity contribution < 1.29 is 8.42 Å². The third kappa shape index (κ3) is 3.74. The molecule has 1 heterocycles. The van der Waals surface area contributed by atoms with Crippen molar-refractivity contribution in [3.05, 3.63) is 0 Å². The lowest BCUT2D eigenvalue weighted by Crippen LogP contribution is -2.65. The molecule has 1 aliphatic carbocycles. The van der Waals surface area contributed by atoms with E-state index in [4.69, 9.17) is 0 Å². The summed E-state index contributed by atoms with van der Waals surface area (Å²) < 4.78 is 23.0. The van der Waals surface area contributed by atoms with E-state index in [9.17, 15) is 8.42 Å². The fraction of sp³-hybridized carbons (Fsp3) is 1.00. The minimum absolute atomic E-state index is 0.231. The molecular weight excluding hydrogens is 272 g/mol. The molecule has 0 aromatic heterocycles. The molecule has 1 saturated carbocycles. The topological polar surface area (TPSA) is 49.4 Å². The van der Waals surface area contributed by atoms with Gasteiger partial charge in [0.25, 0.3) is 0 Å². The van der Waals surface area contributed by atoms with Crippen LogP contribution < -0.4 is 5.32 Å². The standard InChI is InChI=1S/C15H30N2O2S/c1-4-13(2)14-11-17(9-10-20(3,18)19)15(12-16-14)7-5-6-8-15/h13-14,16H,4-12H2,1-3H3. The smallest absolute Gasteiger partial charge is 0.148 e. The van der Waals surface area contributed by atoms with E-state index in [2.05, 4.69) is 24.1 Å². The average molecular weight is 302 g/mol. The van der Waals surface area contributed by atoms with E-state index < -0.39 is 9.84 Å². The molecule has 1 N–H and O–H groups in total. The van der Waals surface area contributed by atoms with Gasteiger partial charge < -0.3 is 5.32 Å². The van der Waals surface area contributed by atoms with Crippen LogP contribution in [0.15, 0.2) is 0 Å². The van der Waals surface area contributed by atoms with Crippen LogP contribution in [0.3, 0.4) is 0 Å². The first-order valence-corrected chi connectivity index (χ1v) is 10.1. The van der Waals surface area contributed by atoms with Crippen molar-refractivity contribution in [1.82, 2.24) is 10.2 Å². The molecule has 2 unspecified atom stereocenters. The second kappa shape index (κ2) is 6.32. The number of hydrogen-bond donors (Lipinski definition) is 1. The summed E-state index contributed by atoms with van der Waals surface area (Å²) in [7, 11) is -2.88. The maximum atomic E-state index is 11.5. The SMILES string of the molecule is CCC(C)C1CN(CCS(C)(=O)=O)C2(CCCC2)CN1. The Morgan fingerprint density at radius 1 is 1.35 bits per heavy atom. The molecular formula is C15H30N2O2S. The first-order chi connectivity index (χ1) is 9.36. The maximum Gasteiger partial charge on any atom is 0.148 e. The van der Waals surface area contributed by atoms with Gasteiger partial charge in [-0.25, -0.2) is 8.42 Å². The van der Waals surface area contributed by atoms with Crippen LogP contribution in [0.5, 0.6) is 0 Å². The molecule has 0 radical (unpaired) electrons. The fourth-order valence-corrected chi connectivity index (χ4v) is 4.28. The summed E-state index contributed by atoms with van der Waals surface area (Å²) in [6, 6.07) is 0.505. The van der Waals surface area contributed by atoms with Gasteiger partial charge in [0.1, 0.15) is 9.84 Å². The summed E-state index contributed by atoms with van der Waals surface area (Å²) in [5.41, 5.74) is 0.231. The highest BCUT2D eigenvalue weighted by Crippen LogP contribution is 2.37. The van der Waals surface area contributed by atoms with Crippen molar-refractivity contribution in [2.75, 3.05) is 31.6 Å². The van der Waals surface area contributed by atoms with E-state index in [1.807, 2.05) is 0 Å². The molecule has 2 rings (SSSR count). The number of piperazine rings is 1. The Labute approximate surface area is 124 Å². The molecule has 2 fully saturated rings. The van der Waals surface area contributed by atoms with Crippen molar-refractivity contribution in [1.29, 1.82) is 0 Å². The summed E-state index contributed by atoms with van der Waals surface area (Å²) in [5, 5.41) is 3.74. The highest BCUT2D eigenvalue weighted by Gasteiger charge is 2.44. The molecule has 2 atom stereocenters. The van der Waals surface area contributed by atoms with Gasteiger partial charge in [-0.05, 0) is 18.8 Å². The zero-order valence-electron chi connectivity index (χ0n) is 13.2. The van der Waals surface area contributed by atoms with Gasteiger partial charge >= 0.3 is 0 Å². The zero-order valence-corrected chi connectivity index (χ0v) is 14.0. The predicted molar refractivity (Wildman–Crippen MR) is 83.7 cm³/mol. The van der Waals surface area contributed by atoms with E-state index in [-0.39, 0.29) is 5.54 Å². The maximum absolute atomic E-state index is 11.5. The second-order valence-corrected chi connectivity index (χ2v) is 9.14. The lowest BCUT2D eigenvalue weighted by Gasteiger charge is -2.49. The predicted octanol–water partition coefficient (Wildman–Crippen LogP) is 1.66. The third-order valence-corrected chi connectivity index (χ3v) is 6.30. The number of nitrogens with one attached hydrogen (secondary N) is 1. The molecule has 0 aromatic rings. The van der Waals surface area contributed by atoms with E-state index >= 15 is 0 Å². The minimum atomic E-state index is -2.88. The molecule has 5 heteroatoms. The lowest BCUT2D eigenvalue weighted by atomic mass is 9.87. The van der Waals surface area contributed by atoms with Gasteiger partial charge in [0.05, 0.1) is 5.75 Å². The Bertz CT molecular complexity index is 416. The van der Waals surface area contributed by atoms with E-state index in [0.29, 0.717) is 24.3 Å². The highest BCUT2D eigenvalue weighted by molar-refractivity contribution is 7.90. The second-order valence-electron chi connectivity index (χ2n) is 6.88. The van der Waals surface area contributed by atoms with Crippen LogP contribution in [0, 0.1) is 5.92 Å². The lowest BCUT2D eigenvalue weighted by molar-refractivity contribution is 0.0362. The fourth-order valence-electron chi connectivity index (χ4n) is 3.72. The van der Waals surface area contributed by atoms with E-state index in [1.54, 1.807) is 0 Å². The normalized spacial score (nSPS) is 28.9. The summed E-state index contributed by atoms with van der Waals surface area (Å²) in [4.78, 5) is 2.49. The zero-order chi connectivity index (χ0) is 14.8. The number of rotatable bonds is 5. The first kappa shape index (κ1) is 16.2. The molecule has 118 valence electrons. The van der Waals surface area contributed by atoms with Gasteiger partial charge in [-0.1, -0.05) is 33.1 Å². The van der Waals surface area contributed by atoms with Crippen LogP contribution in [-0.4, -0.2) is 56.5 Å². The third-order valence-electron chi connectivity index (χ3n) is 5.38. The van der Waals surface area contributed by atoms with Crippen molar-refractivity contribution in [3.63, 3.8) is 0 Å². The molecule has 20 heavy (non-hydrogen) atoms. The van der Waals surface area contributed by atoms with Gasteiger partial charge in [-0.2, -0.15) is 0 Å². The van der Waals surface area contributed by atoms with E-state index in [1.165, 1.54) is 38.4 Å². The summed E-state index contributed by atoms with van der Waals surface area (Å²) in [6.07, 6.45) is 7.53. The Morgan fingerprint density at radius 3 is 2.55 bits per heavy atom. The largest absolute Gasteiger partial charge is 0.311 e. The Balaban J connectivity index is 2.06. The van der Waals surface area contributed by atoms with Crippen molar-refractivity contribution in [3.8, 4) is 0 Å². The average Bonchev–Trinajstić information content (AvgIpc) is 2.85. The molecule has 0 bridgehead atoms. The Kier molecular flexibility index (Phi) is 5.14. The molecule has 2 aliphatic rings. The van der Waals surface area contributed by atoms with Crippen LogP contribution in [-0.2, 0) is 9.84 Å². The number of hydrogen-bond acceptors (Lipinski definition) is 4. The highest BCUT2D eigenvalue weighted by atomic mass is 32.2. The molecule has 4 nitrogen and oxygen atoms in total. The van der Waals surface area contributed by atoms with Crippen LogP contribution in [0.1, 0.15) is 46.0 Å². The van der Waals surface area contributed by atoms with Crippen LogP contribution in [0.25, 0.3) is 0 Å². The van der Waals surface area contributed by atoms with Gasteiger partial charge in [-0.15, -0.1) is 0 Å². The van der Waals surface area contributed by atoms with Crippen LogP contribution in [0.2, 0.25) is 0 Å². The molecule has 0 amide bonds. The summed E-state index contributed by atoms with van der Waals surface area (Å²) >= 11 is 0. The molecule has 1 aliphatic heterocycles. The van der Waals surface area contributed by atoms with Gasteiger partial charge in [0.2, 0.25) is 0 Å². The van der Waals surface area contributed by atoms with Crippen molar-refractivity contribution >= 4 is 9.84 Å². The van der Waals surface area contributed by atoms with Gasteiger partial charge in [0, 0.05) is 37.5 Å². The Morgan fingerprint density at radius 2 is 2.00 bits per heavy atom. The van der Waals surface area contributed by atoms with Gasteiger partial charge in [-0.3, -0.25) is 4.90 Å². The van der Waals surface area contributed by atoms with Crippen LogP contribution >= 0.6 is 0 Å². The molecule has 1 saturated heterocycles. The summed E-state index contributed by atoms with van der Waals surface area (Å²) in [6.45, 7) is 7.26. The number of nitrogens with zero attached hydrogens (tertiary/aromatic N) is 1. The first-order valence-electron chi connectivity index (χ1n) is 8.02. The monoisotopic (exact) mass is 302 g/mol. The van der Waals surface area contributed by atoms with E-state index in [0.717, 1.165) is 13.1 Å². The molecule has 0 aromatic carbocycles. The summed E-state index contributed by atoms with van der Waals surface area (Å²) in [5.74, 6) is 0.941. The molecule has 1 spiro atoms.